The quantitative estimate of drug-likeness (QED) is 0.394. The molecular formula is C9H22O3Si. The zero-order valence-corrected chi connectivity index (χ0v) is 10.3. The maximum atomic E-state index is 5.51. The number of ether oxygens (including phenoxy) is 2. The first kappa shape index (κ1) is 13.1. The van der Waals surface area contributed by atoms with Crippen molar-refractivity contribution in [1.82, 2.24) is 0 Å². The van der Waals surface area contributed by atoms with Crippen molar-refractivity contribution in [2.45, 2.75) is 25.8 Å². The second-order valence-corrected chi connectivity index (χ2v) is 4.45. The lowest BCUT2D eigenvalue weighted by atomic mass is 10.5. The maximum absolute atomic E-state index is 5.51. The fraction of sp³-hybridized carbons (Fsp3) is 1.00. The minimum Gasteiger partial charge on any atom is -0.424 e. The predicted octanol–water partition coefficient (Wildman–Crippen LogP) is 0.968. The number of rotatable bonds is 10. The Kier molecular flexibility index (Phi) is 12.2. The largest absolute Gasteiger partial charge is 0.424 e. The molecular weight excluding hydrogens is 184 g/mol. The summed E-state index contributed by atoms with van der Waals surface area (Å²) >= 11 is 0. The molecule has 0 spiro atoms. The van der Waals surface area contributed by atoms with Gasteiger partial charge in [0.05, 0.1) is 13.2 Å². The summed E-state index contributed by atoms with van der Waals surface area (Å²) in [6.45, 7) is 5.25. The summed E-state index contributed by atoms with van der Waals surface area (Å²) in [4.78, 5) is 0. The molecule has 0 saturated carbocycles. The van der Waals surface area contributed by atoms with E-state index in [1.54, 1.807) is 7.11 Å². The van der Waals surface area contributed by atoms with Crippen molar-refractivity contribution in [3.05, 3.63) is 0 Å². The van der Waals surface area contributed by atoms with Gasteiger partial charge in [-0.3, -0.25) is 0 Å². The van der Waals surface area contributed by atoms with Gasteiger partial charge in [-0.05, 0) is 12.5 Å². The molecule has 0 aliphatic heterocycles. The predicted molar refractivity (Wildman–Crippen MR) is 56.9 cm³/mol. The van der Waals surface area contributed by atoms with E-state index in [9.17, 15) is 0 Å². The van der Waals surface area contributed by atoms with Gasteiger partial charge in [0, 0.05) is 20.3 Å². The van der Waals surface area contributed by atoms with Crippen LogP contribution in [0.1, 0.15) is 19.8 Å². The van der Waals surface area contributed by atoms with Crippen LogP contribution >= 0.6 is 0 Å². The van der Waals surface area contributed by atoms with Crippen molar-refractivity contribution in [3.63, 3.8) is 0 Å². The molecule has 0 atom stereocenters. The van der Waals surface area contributed by atoms with Gasteiger partial charge >= 0.3 is 0 Å². The first-order chi connectivity index (χ1) is 6.41. The molecule has 0 aromatic rings. The van der Waals surface area contributed by atoms with Crippen LogP contribution in [0.25, 0.3) is 0 Å². The van der Waals surface area contributed by atoms with Crippen LogP contribution in [-0.2, 0) is 13.9 Å². The summed E-state index contributed by atoms with van der Waals surface area (Å²) in [5.41, 5.74) is 0. The molecule has 0 radical (unpaired) electrons. The molecule has 0 aromatic carbocycles. The zero-order valence-electron chi connectivity index (χ0n) is 8.88. The molecule has 4 heteroatoms. The van der Waals surface area contributed by atoms with E-state index in [1.807, 2.05) is 0 Å². The van der Waals surface area contributed by atoms with E-state index >= 15 is 0 Å². The Bertz CT molecular complexity index is 80.9. The molecule has 0 unspecified atom stereocenters. The van der Waals surface area contributed by atoms with E-state index in [2.05, 4.69) is 6.92 Å². The minimum absolute atomic E-state index is 0.213. The van der Waals surface area contributed by atoms with Gasteiger partial charge in [-0.2, -0.15) is 0 Å². The van der Waals surface area contributed by atoms with Crippen molar-refractivity contribution in [2.24, 2.45) is 0 Å². The smallest absolute Gasteiger partial charge is 0.161 e. The lowest BCUT2D eigenvalue weighted by molar-refractivity contribution is 0.0646. The molecule has 0 aliphatic carbocycles. The van der Waals surface area contributed by atoms with Crippen molar-refractivity contribution >= 4 is 9.76 Å². The third-order valence-corrected chi connectivity index (χ3v) is 3.22. The molecule has 0 rings (SSSR count). The van der Waals surface area contributed by atoms with Crippen molar-refractivity contribution < 1.29 is 13.9 Å². The fourth-order valence-electron chi connectivity index (χ4n) is 0.856. The van der Waals surface area contributed by atoms with Crippen molar-refractivity contribution in [3.8, 4) is 0 Å². The summed E-state index contributed by atoms with van der Waals surface area (Å²) in [6.07, 6.45) is 2.27. The lowest BCUT2D eigenvalue weighted by Gasteiger charge is -2.04. The van der Waals surface area contributed by atoms with Crippen molar-refractivity contribution in [1.29, 1.82) is 0 Å². The first-order valence-electron chi connectivity index (χ1n) is 5.06. The molecule has 3 nitrogen and oxygen atoms in total. The molecule has 0 fully saturated rings. The standard InChI is InChI=1S/C9H22O3Si/c1-3-9-13-12-6-4-5-11-8-7-10-2/h3-9,13H2,1-2H3. The Balaban J connectivity index is 2.76. The van der Waals surface area contributed by atoms with Gasteiger partial charge in [-0.25, -0.2) is 0 Å². The topological polar surface area (TPSA) is 27.7 Å². The molecule has 0 amide bonds. The van der Waals surface area contributed by atoms with Crippen molar-refractivity contribution in [2.75, 3.05) is 33.5 Å². The Morgan fingerprint density at radius 3 is 2.62 bits per heavy atom. The van der Waals surface area contributed by atoms with Gasteiger partial charge in [0.1, 0.15) is 0 Å². The Hall–Kier alpha value is 0.0969. The van der Waals surface area contributed by atoms with Gasteiger partial charge in [-0.15, -0.1) is 0 Å². The highest BCUT2D eigenvalue weighted by Crippen LogP contribution is 1.89. The monoisotopic (exact) mass is 206 g/mol. The lowest BCUT2D eigenvalue weighted by Crippen LogP contribution is -2.06. The summed E-state index contributed by atoms with van der Waals surface area (Å²) in [7, 11) is 1.47. The third kappa shape index (κ3) is 12.1. The van der Waals surface area contributed by atoms with Gasteiger partial charge < -0.3 is 13.9 Å². The SMILES string of the molecule is CCC[SiH2]OCCCOCCOC. The van der Waals surface area contributed by atoms with E-state index in [-0.39, 0.29) is 9.76 Å². The van der Waals surface area contributed by atoms with Crippen LogP contribution in [0.2, 0.25) is 6.04 Å². The van der Waals surface area contributed by atoms with Crippen LogP contribution in [0, 0.1) is 0 Å². The highest BCUT2D eigenvalue weighted by molar-refractivity contribution is 6.26. The van der Waals surface area contributed by atoms with Crippen LogP contribution in [0.5, 0.6) is 0 Å². The highest BCUT2D eigenvalue weighted by atomic mass is 28.2. The first-order valence-corrected chi connectivity index (χ1v) is 6.64. The van der Waals surface area contributed by atoms with Crippen LogP contribution in [0.15, 0.2) is 0 Å². The van der Waals surface area contributed by atoms with Crippen LogP contribution in [0.3, 0.4) is 0 Å². The Labute approximate surface area is 83.7 Å². The van der Waals surface area contributed by atoms with Gasteiger partial charge in [-0.1, -0.05) is 13.3 Å². The van der Waals surface area contributed by atoms with Crippen LogP contribution < -0.4 is 0 Å². The summed E-state index contributed by atoms with van der Waals surface area (Å²) in [6, 6.07) is 1.30. The zero-order chi connectivity index (χ0) is 9.78. The van der Waals surface area contributed by atoms with Gasteiger partial charge in [0.25, 0.3) is 0 Å². The van der Waals surface area contributed by atoms with E-state index in [4.69, 9.17) is 13.9 Å². The van der Waals surface area contributed by atoms with E-state index in [0.29, 0.717) is 13.2 Å². The second kappa shape index (κ2) is 12.1. The average molecular weight is 206 g/mol. The molecule has 80 valence electrons. The van der Waals surface area contributed by atoms with E-state index < -0.39 is 0 Å². The maximum Gasteiger partial charge on any atom is 0.161 e. The number of hydrogen-bond acceptors (Lipinski definition) is 3. The molecule has 0 heterocycles. The Morgan fingerprint density at radius 1 is 1.08 bits per heavy atom. The normalized spacial score (nSPS) is 11.5. The fourth-order valence-corrected chi connectivity index (χ4v) is 1.76. The molecule has 0 N–H and O–H groups in total. The third-order valence-electron chi connectivity index (χ3n) is 1.65. The number of hydrogen-bond donors (Lipinski definition) is 0. The highest BCUT2D eigenvalue weighted by Gasteiger charge is 1.90. The minimum atomic E-state index is -0.213. The number of methoxy groups -OCH3 is 1. The van der Waals surface area contributed by atoms with Crippen LogP contribution in [0.4, 0.5) is 0 Å². The molecule has 0 aliphatic rings. The van der Waals surface area contributed by atoms with E-state index in [0.717, 1.165) is 19.6 Å². The molecule has 0 aromatic heterocycles. The average Bonchev–Trinajstić information content (AvgIpc) is 2.16. The van der Waals surface area contributed by atoms with Gasteiger partial charge in [0.15, 0.2) is 9.76 Å². The molecule has 0 bridgehead atoms. The second-order valence-electron chi connectivity index (χ2n) is 2.92. The van der Waals surface area contributed by atoms with Crippen LogP contribution in [-0.4, -0.2) is 43.3 Å². The summed E-state index contributed by atoms with van der Waals surface area (Å²) < 4.78 is 15.7. The molecule has 13 heavy (non-hydrogen) atoms. The van der Waals surface area contributed by atoms with Gasteiger partial charge in [0.2, 0.25) is 0 Å². The summed E-state index contributed by atoms with van der Waals surface area (Å²) in [5, 5.41) is 0. The Morgan fingerprint density at radius 2 is 1.92 bits per heavy atom. The van der Waals surface area contributed by atoms with E-state index in [1.165, 1.54) is 12.5 Å². The summed E-state index contributed by atoms with van der Waals surface area (Å²) in [5.74, 6) is 0. The molecule has 0 saturated heterocycles.